The standard InChI is InChI=1S/C12H20O3/c1-3-4-5-6-7-10(13)12(8-9-12)11(14)15-2/h3-9H2,1-2H3. The number of ether oxygens (including phenoxy) is 1. The van der Waals surface area contributed by atoms with Crippen molar-refractivity contribution in [2.75, 3.05) is 7.11 Å². The fraction of sp³-hybridized carbons (Fsp3) is 0.833. The lowest BCUT2D eigenvalue weighted by Crippen LogP contribution is -2.26. The fourth-order valence-electron chi connectivity index (χ4n) is 1.87. The Bertz CT molecular complexity index is 241. The van der Waals surface area contributed by atoms with Crippen molar-refractivity contribution in [2.45, 2.75) is 51.9 Å². The summed E-state index contributed by atoms with van der Waals surface area (Å²) in [6.45, 7) is 2.14. The molecule has 1 rings (SSSR count). The van der Waals surface area contributed by atoms with Crippen molar-refractivity contribution in [1.29, 1.82) is 0 Å². The predicted molar refractivity (Wildman–Crippen MR) is 57.4 cm³/mol. The first-order valence-corrected chi connectivity index (χ1v) is 5.79. The van der Waals surface area contributed by atoms with E-state index in [-0.39, 0.29) is 11.8 Å². The van der Waals surface area contributed by atoms with Crippen molar-refractivity contribution in [2.24, 2.45) is 5.41 Å². The Morgan fingerprint density at radius 1 is 1.20 bits per heavy atom. The van der Waals surface area contributed by atoms with Gasteiger partial charge in [-0.2, -0.15) is 0 Å². The smallest absolute Gasteiger partial charge is 0.319 e. The molecule has 0 atom stereocenters. The number of ketones is 1. The summed E-state index contributed by atoms with van der Waals surface area (Å²) < 4.78 is 4.67. The summed E-state index contributed by atoms with van der Waals surface area (Å²) in [5.41, 5.74) is -0.735. The highest BCUT2D eigenvalue weighted by Gasteiger charge is 2.56. The molecular weight excluding hydrogens is 192 g/mol. The molecule has 0 saturated heterocycles. The van der Waals surface area contributed by atoms with Crippen LogP contribution in [0.15, 0.2) is 0 Å². The van der Waals surface area contributed by atoms with E-state index in [0.29, 0.717) is 19.3 Å². The van der Waals surface area contributed by atoms with Gasteiger partial charge in [0.15, 0.2) is 0 Å². The Morgan fingerprint density at radius 3 is 2.33 bits per heavy atom. The minimum absolute atomic E-state index is 0.0884. The zero-order chi connectivity index (χ0) is 11.3. The molecule has 1 aliphatic rings. The summed E-state index contributed by atoms with van der Waals surface area (Å²) in [5, 5.41) is 0. The minimum Gasteiger partial charge on any atom is -0.468 e. The maximum absolute atomic E-state index is 11.8. The molecule has 0 N–H and O–H groups in total. The van der Waals surface area contributed by atoms with E-state index in [0.717, 1.165) is 19.3 Å². The number of carbonyl (C=O) groups excluding carboxylic acids is 2. The molecule has 0 aromatic heterocycles. The second kappa shape index (κ2) is 5.29. The third kappa shape index (κ3) is 2.80. The highest BCUT2D eigenvalue weighted by molar-refractivity contribution is 6.06. The van der Waals surface area contributed by atoms with Gasteiger partial charge in [-0.15, -0.1) is 0 Å². The third-order valence-electron chi connectivity index (χ3n) is 3.12. The van der Waals surface area contributed by atoms with Gasteiger partial charge in [0.25, 0.3) is 0 Å². The van der Waals surface area contributed by atoms with Gasteiger partial charge < -0.3 is 4.74 Å². The van der Waals surface area contributed by atoms with E-state index < -0.39 is 5.41 Å². The molecule has 3 nitrogen and oxygen atoms in total. The highest BCUT2D eigenvalue weighted by atomic mass is 16.5. The van der Waals surface area contributed by atoms with Gasteiger partial charge in [-0.1, -0.05) is 26.2 Å². The lowest BCUT2D eigenvalue weighted by Gasteiger charge is -2.10. The molecule has 0 spiro atoms. The molecule has 1 fully saturated rings. The Morgan fingerprint density at radius 2 is 1.87 bits per heavy atom. The number of unbranched alkanes of at least 4 members (excludes halogenated alkanes) is 3. The topological polar surface area (TPSA) is 43.4 Å². The Hall–Kier alpha value is -0.860. The van der Waals surface area contributed by atoms with Crippen LogP contribution < -0.4 is 0 Å². The third-order valence-corrected chi connectivity index (χ3v) is 3.12. The fourth-order valence-corrected chi connectivity index (χ4v) is 1.87. The Balaban J connectivity index is 2.31. The number of hydrogen-bond donors (Lipinski definition) is 0. The van der Waals surface area contributed by atoms with Crippen LogP contribution in [-0.4, -0.2) is 18.9 Å². The SMILES string of the molecule is CCCCCCC(=O)C1(C(=O)OC)CC1. The molecule has 0 amide bonds. The molecular formula is C12H20O3. The lowest BCUT2D eigenvalue weighted by molar-refractivity contribution is -0.151. The summed E-state index contributed by atoms with van der Waals surface area (Å²) in [6.07, 6.45) is 6.23. The summed E-state index contributed by atoms with van der Waals surface area (Å²) in [4.78, 5) is 23.2. The van der Waals surface area contributed by atoms with Crippen molar-refractivity contribution in [3.63, 3.8) is 0 Å². The van der Waals surface area contributed by atoms with E-state index in [9.17, 15) is 9.59 Å². The molecule has 1 saturated carbocycles. The molecule has 0 aliphatic heterocycles. The first kappa shape index (κ1) is 12.2. The van der Waals surface area contributed by atoms with Gasteiger partial charge in [0.05, 0.1) is 7.11 Å². The molecule has 0 radical (unpaired) electrons. The molecule has 3 heteroatoms. The second-order valence-corrected chi connectivity index (χ2v) is 4.31. The van der Waals surface area contributed by atoms with Crippen LogP contribution in [0.5, 0.6) is 0 Å². The van der Waals surface area contributed by atoms with Gasteiger partial charge in [0.1, 0.15) is 11.2 Å². The summed E-state index contributed by atoms with van der Waals surface area (Å²) in [7, 11) is 1.35. The summed E-state index contributed by atoms with van der Waals surface area (Å²) in [5.74, 6) is -0.242. The van der Waals surface area contributed by atoms with Crippen LogP contribution in [0, 0.1) is 5.41 Å². The van der Waals surface area contributed by atoms with E-state index in [1.807, 2.05) is 0 Å². The molecule has 15 heavy (non-hydrogen) atoms. The van der Waals surface area contributed by atoms with Crippen LogP contribution in [-0.2, 0) is 14.3 Å². The molecule has 0 bridgehead atoms. The van der Waals surface area contributed by atoms with Crippen LogP contribution in [0.3, 0.4) is 0 Å². The molecule has 0 heterocycles. The van der Waals surface area contributed by atoms with E-state index >= 15 is 0 Å². The second-order valence-electron chi connectivity index (χ2n) is 4.31. The van der Waals surface area contributed by atoms with Gasteiger partial charge in [-0.3, -0.25) is 9.59 Å². The van der Waals surface area contributed by atoms with Crippen molar-refractivity contribution in [3.8, 4) is 0 Å². The maximum Gasteiger partial charge on any atom is 0.319 e. The Kier molecular flexibility index (Phi) is 4.30. The molecule has 0 aromatic carbocycles. The average Bonchev–Trinajstić information content (AvgIpc) is 3.04. The van der Waals surface area contributed by atoms with Gasteiger partial charge in [0.2, 0.25) is 0 Å². The first-order chi connectivity index (χ1) is 7.17. The summed E-state index contributed by atoms with van der Waals surface area (Å²) in [6, 6.07) is 0. The number of rotatable bonds is 7. The van der Waals surface area contributed by atoms with E-state index in [4.69, 9.17) is 0 Å². The van der Waals surface area contributed by atoms with E-state index in [1.165, 1.54) is 13.5 Å². The minimum atomic E-state index is -0.735. The van der Waals surface area contributed by atoms with Crippen LogP contribution in [0.4, 0.5) is 0 Å². The van der Waals surface area contributed by atoms with Crippen LogP contribution in [0.2, 0.25) is 0 Å². The first-order valence-electron chi connectivity index (χ1n) is 5.79. The number of carbonyl (C=O) groups is 2. The number of methoxy groups -OCH3 is 1. The van der Waals surface area contributed by atoms with Crippen LogP contribution in [0.25, 0.3) is 0 Å². The number of esters is 1. The zero-order valence-electron chi connectivity index (χ0n) is 9.67. The van der Waals surface area contributed by atoms with Crippen molar-refractivity contribution >= 4 is 11.8 Å². The summed E-state index contributed by atoms with van der Waals surface area (Å²) >= 11 is 0. The van der Waals surface area contributed by atoms with E-state index in [2.05, 4.69) is 11.7 Å². The molecule has 0 unspecified atom stereocenters. The monoisotopic (exact) mass is 212 g/mol. The Labute approximate surface area is 91.2 Å². The average molecular weight is 212 g/mol. The van der Waals surface area contributed by atoms with Gasteiger partial charge in [-0.25, -0.2) is 0 Å². The van der Waals surface area contributed by atoms with Gasteiger partial charge in [-0.05, 0) is 19.3 Å². The van der Waals surface area contributed by atoms with Gasteiger partial charge in [0, 0.05) is 6.42 Å². The number of Topliss-reactive ketones (excluding diaryl/α,β-unsaturated/α-hetero) is 1. The molecule has 1 aliphatic carbocycles. The molecule has 0 aromatic rings. The van der Waals surface area contributed by atoms with Crippen molar-refractivity contribution < 1.29 is 14.3 Å². The largest absolute Gasteiger partial charge is 0.468 e. The normalized spacial score (nSPS) is 17.2. The predicted octanol–water partition coefficient (Wildman–Crippen LogP) is 2.48. The lowest BCUT2D eigenvalue weighted by atomic mass is 9.96. The van der Waals surface area contributed by atoms with Gasteiger partial charge >= 0.3 is 5.97 Å². The maximum atomic E-state index is 11.8. The highest BCUT2D eigenvalue weighted by Crippen LogP contribution is 2.48. The van der Waals surface area contributed by atoms with E-state index in [1.54, 1.807) is 0 Å². The van der Waals surface area contributed by atoms with Crippen LogP contribution in [0.1, 0.15) is 51.9 Å². The quantitative estimate of drug-likeness (QED) is 0.370. The number of hydrogen-bond acceptors (Lipinski definition) is 3. The van der Waals surface area contributed by atoms with Crippen molar-refractivity contribution in [1.82, 2.24) is 0 Å². The van der Waals surface area contributed by atoms with Crippen molar-refractivity contribution in [3.05, 3.63) is 0 Å². The zero-order valence-corrected chi connectivity index (χ0v) is 9.67. The van der Waals surface area contributed by atoms with Crippen LogP contribution >= 0.6 is 0 Å². The molecule has 86 valence electrons.